The molecule has 2 rings (SSSR count). The van der Waals surface area contributed by atoms with Crippen molar-refractivity contribution in [3.05, 3.63) is 22.7 Å². The molecule has 22 heavy (non-hydrogen) atoms. The second kappa shape index (κ2) is 8.10. The van der Waals surface area contributed by atoms with Crippen LogP contribution in [0.2, 0.25) is 5.02 Å². The highest BCUT2D eigenvalue weighted by Crippen LogP contribution is 2.38. The van der Waals surface area contributed by atoms with Crippen LogP contribution in [0.15, 0.2) is 12.1 Å². The largest absolute Gasteiger partial charge is 0.486 e. The Bertz CT molecular complexity index is 525. The maximum Gasteiger partial charge on any atom is 0.315 e. The topological polar surface area (TPSA) is 68.8 Å². The first-order chi connectivity index (χ1) is 10.6. The molecule has 0 spiro atoms. The van der Waals surface area contributed by atoms with Crippen LogP contribution in [-0.2, 0) is 11.2 Å². The van der Waals surface area contributed by atoms with E-state index in [1.54, 1.807) is 7.11 Å². The summed E-state index contributed by atoms with van der Waals surface area (Å²) >= 11 is 6.17. The number of ether oxygens (including phenoxy) is 3. The van der Waals surface area contributed by atoms with Crippen LogP contribution in [0.5, 0.6) is 11.5 Å². The first kappa shape index (κ1) is 16.7. The van der Waals surface area contributed by atoms with E-state index >= 15 is 0 Å². The van der Waals surface area contributed by atoms with Crippen LogP contribution in [0, 0.1) is 0 Å². The molecular weight excluding hydrogens is 308 g/mol. The van der Waals surface area contributed by atoms with E-state index in [4.69, 9.17) is 25.8 Å². The van der Waals surface area contributed by atoms with E-state index in [9.17, 15) is 4.79 Å². The van der Waals surface area contributed by atoms with Crippen LogP contribution in [0.3, 0.4) is 0 Å². The molecule has 1 aromatic carbocycles. The summed E-state index contributed by atoms with van der Waals surface area (Å²) in [6.45, 7) is 3.88. The molecule has 1 heterocycles. The van der Waals surface area contributed by atoms with E-state index < -0.39 is 0 Å². The smallest absolute Gasteiger partial charge is 0.315 e. The number of amides is 2. The Kier molecular flexibility index (Phi) is 6.15. The lowest BCUT2D eigenvalue weighted by Gasteiger charge is -2.20. The number of hydrogen-bond acceptors (Lipinski definition) is 4. The highest BCUT2D eigenvalue weighted by molar-refractivity contribution is 6.32. The van der Waals surface area contributed by atoms with Gasteiger partial charge in [0.1, 0.15) is 13.2 Å². The van der Waals surface area contributed by atoms with Gasteiger partial charge in [-0.3, -0.25) is 0 Å². The van der Waals surface area contributed by atoms with Crippen molar-refractivity contribution in [1.82, 2.24) is 10.6 Å². The summed E-state index contributed by atoms with van der Waals surface area (Å²) in [4.78, 5) is 11.7. The van der Waals surface area contributed by atoms with Gasteiger partial charge in [0.05, 0.1) is 17.7 Å². The third kappa shape index (κ3) is 4.68. The van der Waals surface area contributed by atoms with Gasteiger partial charge in [-0.15, -0.1) is 0 Å². The van der Waals surface area contributed by atoms with Gasteiger partial charge in [0.15, 0.2) is 11.5 Å². The average molecular weight is 329 g/mol. The number of benzene rings is 1. The number of carbonyl (C=O) groups is 1. The Morgan fingerprint density at radius 1 is 1.41 bits per heavy atom. The summed E-state index contributed by atoms with van der Waals surface area (Å²) in [6.07, 6.45) is 0.655. The van der Waals surface area contributed by atoms with Crippen molar-refractivity contribution in [3.8, 4) is 11.5 Å². The fourth-order valence-electron chi connectivity index (χ4n) is 2.20. The van der Waals surface area contributed by atoms with Gasteiger partial charge in [0.2, 0.25) is 0 Å². The zero-order valence-corrected chi connectivity index (χ0v) is 13.5. The maximum atomic E-state index is 11.7. The molecule has 0 aliphatic carbocycles. The lowest BCUT2D eigenvalue weighted by Crippen LogP contribution is -2.43. The molecule has 122 valence electrons. The molecule has 6 nitrogen and oxygen atoms in total. The van der Waals surface area contributed by atoms with E-state index in [0.717, 1.165) is 5.56 Å². The minimum atomic E-state index is -0.215. The van der Waals surface area contributed by atoms with Crippen LogP contribution in [0.25, 0.3) is 0 Å². The average Bonchev–Trinajstić information content (AvgIpc) is 2.47. The van der Waals surface area contributed by atoms with E-state index in [-0.39, 0.29) is 12.1 Å². The van der Waals surface area contributed by atoms with Crippen molar-refractivity contribution in [1.29, 1.82) is 0 Å². The number of nitrogens with one attached hydrogen (secondary N) is 2. The summed E-state index contributed by atoms with van der Waals surface area (Å²) in [5.41, 5.74) is 0.986. The third-order valence-corrected chi connectivity index (χ3v) is 3.43. The molecule has 1 atom stereocenters. The molecule has 0 fully saturated rings. The number of methoxy groups -OCH3 is 1. The van der Waals surface area contributed by atoms with Crippen molar-refractivity contribution in [3.63, 3.8) is 0 Å². The fourth-order valence-corrected chi connectivity index (χ4v) is 2.48. The fraction of sp³-hybridized carbons (Fsp3) is 0.533. The molecule has 0 bridgehead atoms. The molecule has 0 saturated heterocycles. The van der Waals surface area contributed by atoms with Crippen LogP contribution in [-0.4, -0.2) is 45.5 Å². The van der Waals surface area contributed by atoms with Crippen LogP contribution in [0.1, 0.15) is 12.5 Å². The van der Waals surface area contributed by atoms with Crippen LogP contribution >= 0.6 is 11.6 Å². The van der Waals surface area contributed by atoms with Gasteiger partial charge in [-0.1, -0.05) is 11.6 Å². The molecule has 1 aromatic rings. The number of hydrogen-bond donors (Lipinski definition) is 2. The summed E-state index contributed by atoms with van der Waals surface area (Å²) in [6, 6.07) is 3.48. The maximum absolute atomic E-state index is 11.7. The summed E-state index contributed by atoms with van der Waals surface area (Å²) in [5.74, 6) is 1.25. The first-order valence-corrected chi connectivity index (χ1v) is 7.59. The summed E-state index contributed by atoms with van der Waals surface area (Å²) in [5, 5.41) is 6.11. The normalized spacial score (nSPS) is 14.3. The van der Waals surface area contributed by atoms with E-state index in [1.165, 1.54) is 0 Å². The van der Waals surface area contributed by atoms with Gasteiger partial charge in [0.25, 0.3) is 0 Å². The number of rotatable bonds is 6. The molecule has 7 heteroatoms. The van der Waals surface area contributed by atoms with Crippen molar-refractivity contribution in [2.45, 2.75) is 19.4 Å². The molecule has 1 unspecified atom stereocenters. The summed E-state index contributed by atoms with van der Waals surface area (Å²) in [7, 11) is 1.60. The minimum absolute atomic E-state index is 0.0336. The second-order valence-electron chi connectivity index (χ2n) is 5.11. The standard InChI is InChI=1S/C15H21ClN2O4/c1-10(9-20-2)18-15(19)17-4-3-11-7-12(16)14-13(8-11)21-5-6-22-14/h7-8,10H,3-6,9H2,1-2H3,(H2,17,18,19). The lowest BCUT2D eigenvalue weighted by molar-refractivity contribution is 0.171. The minimum Gasteiger partial charge on any atom is -0.486 e. The van der Waals surface area contributed by atoms with Gasteiger partial charge in [-0.25, -0.2) is 4.79 Å². The Morgan fingerprint density at radius 3 is 2.95 bits per heavy atom. The van der Waals surface area contributed by atoms with Crippen molar-refractivity contribution in [2.75, 3.05) is 33.5 Å². The first-order valence-electron chi connectivity index (χ1n) is 7.21. The van der Waals surface area contributed by atoms with E-state index in [0.29, 0.717) is 49.3 Å². The zero-order chi connectivity index (χ0) is 15.9. The van der Waals surface area contributed by atoms with Crippen LogP contribution < -0.4 is 20.1 Å². The molecular formula is C15H21ClN2O4. The van der Waals surface area contributed by atoms with Crippen molar-refractivity contribution in [2.24, 2.45) is 0 Å². The predicted molar refractivity (Wildman–Crippen MR) is 84.0 cm³/mol. The molecule has 0 radical (unpaired) electrons. The van der Waals surface area contributed by atoms with Gasteiger partial charge in [-0.2, -0.15) is 0 Å². The molecule has 1 aliphatic heterocycles. The number of carbonyl (C=O) groups excluding carboxylic acids is 1. The van der Waals surface area contributed by atoms with Gasteiger partial charge >= 0.3 is 6.03 Å². The predicted octanol–water partition coefficient (Wildman–Crippen LogP) is 1.99. The monoisotopic (exact) mass is 328 g/mol. The third-order valence-electron chi connectivity index (χ3n) is 3.15. The van der Waals surface area contributed by atoms with Gasteiger partial charge in [-0.05, 0) is 31.0 Å². The highest BCUT2D eigenvalue weighted by atomic mass is 35.5. The Morgan fingerprint density at radius 2 is 2.18 bits per heavy atom. The number of fused-ring (bicyclic) bond motifs is 1. The molecule has 2 amide bonds. The lowest BCUT2D eigenvalue weighted by atomic mass is 10.1. The Hall–Kier alpha value is -1.66. The summed E-state index contributed by atoms with van der Waals surface area (Å²) < 4.78 is 16.0. The van der Waals surface area contributed by atoms with Crippen LogP contribution in [0.4, 0.5) is 4.79 Å². The SMILES string of the molecule is COCC(C)NC(=O)NCCc1cc(Cl)c2c(c1)OCCO2. The number of urea groups is 1. The molecule has 2 N–H and O–H groups in total. The van der Waals surface area contributed by atoms with Crippen molar-refractivity contribution < 1.29 is 19.0 Å². The van der Waals surface area contributed by atoms with Gasteiger partial charge < -0.3 is 24.8 Å². The Labute approximate surface area is 135 Å². The molecule has 0 aromatic heterocycles. The van der Waals surface area contributed by atoms with E-state index in [2.05, 4.69) is 10.6 Å². The molecule has 1 aliphatic rings. The van der Waals surface area contributed by atoms with Crippen molar-refractivity contribution >= 4 is 17.6 Å². The number of halogens is 1. The van der Waals surface area contributed by atoms with Gasteiger partial charge in [0, 0.05) is 13.7 Å². The zero-order valence-electron chi connectivity index (χ0n) is 12.8. The quantitative estimate of drug-likeness (QED) is 0.838. The molecule has 0 saturated carbocycles. The highest BCUT2D eigenvalue weighted by Gasteiger charge is 2.16. The second-order valence-corrected chi connectivity index (χ2v) is 5.52. The Balaban J connectivity index is 1.82. The van der Waals surface area contributed by atoms with E-state index in [1.807, 2.05) is 19.1 Å².